The van der Waals surface area contributed by atoms with Gasteiger partial charge in [0, 0.05) is 17.6 Å². The van der Waals surface area contributed by atoms with E-state index in [0.717, 1.165) is 18.5 Å². The summed E-state index contributed by atoms with van der Waals surface area (Å²) in [5.74, 6) is 0. The maximum atomic E-state index is 11.8. The van der Waals surface area contributed by atoms with Crippen molar-refractivity contribution in [2.75, 3.05) is 18.4 Å². The smallest absolute Gasteiger partial charge is 0.319 e. The highest BCUT2D eigenvalue weighted by molar-refractivity contribution is 5.89. The maximum absolute atomic E-state index is 11.8. The fourth-order valence-corrected chi connectivity index (χ4v) is 2.66. The number of nitrogens with one attached hydrogen (secondary N) is 2. The van der Waals surface area contributed by atoms with Crippen molar-refractivity contribution in [2.45, 2.75) is 32.6 Å². The zero-order valence-corrected chi connectivity index (χ0v) is 11.5. The summed E-state index contributed by atoms with van der Waals surface area (Å²) in [6, 6.07) is 7.62. The second-order valence-electron chi connectivity index (χ2n) is 5.58. The molecule has 0 radical (unpaired) electrons. The van der Waals surface area contributed by atoms with E-state index in [9.17, 15) is 4.79 Å². The van der Waals surface area contributed by atoms with Crippen molar-refractivity contribution in [1.82, 2.24) is 5.32 Å². The molecule has 0 unspecified atom stereocenters. The van der Waals surface area contributed by atoms with Gasteiger partial charge < -0.3 is 16.4 Å². The molecular formula is C15H23N3O. The van der Waals surface area contributed by atoms with Gasteiger partial charge in [0.05, 0.1) is 0 Å². The summed E-state index contributed by atoms with van der Waals surface area (Å²) in [7, 11) is 0. The molecule has 4 N–H and O–H groups in total. The average molecular weight is 261 g/mol. The van der Waals surface area contributed by atoms with E-state index < -0.39 is 0 Å². The molecule has 104 valence electrons. The third kappa shape index (κ3) is 3.70. The van der Waals surface area contributed by atoms with Crippen LogP contribution >= 0.6 is 0 Å². The van der Waals surface area contributed by atoms with E-state index in [4.69, 9.17) is 5.73 Å². The van der Waals surface area contributed by atoms with Crippen molar-refractivity contribution in [3.63, 3.8) is 0 Å². The Balaban J connectivity index is 1.82. The van der Waals surface area contributed by atoms with Gasteiger partial charge in [-0.3, -0.25) is 0 Å². The molecule has 0 aromatic heterocycles. The number of anilines is 1. The number of urea groups is 1. The molecule has 0 saturated heterocycles. The molecule has 1 aromatic carbocycles. The van der Waals surface area contributed by atoms with E-state index in [0.29, 0.717) is 13.1 Å². The van der Waals surface area contributed by atoms with Crippen LogP contribution in [0.5, 0.6) is 0 Å². The lowest BCUT2D eigenvalue weighted by Gasteiger charge is -2.27. The van der Waals surface area contributed by atoms with Gasteiger partial charge >= 0.3 is 6.03 Å². The van der Waals surface area contributed by atoms with Gasteiger partial charge in [0.15, 0.2) is 0 Å². The first-order chi connectivity index (χ1) is 9.13. The first-order valence-corrected chi connectivity index (χ1v) is 6.95. The number of hydrogen-bond donors (Lipinski definition) is 3. The Labute approximate surface area is 114 Å². The van der Waals surface area contributed by atoms with Crippen LogP contribution in [0.25, 0.3) is 0 Å². The van der Waals surface area contributed by atoms with Crippen LogP contribution in [-0.2, 0) is 0 Å². The Bertz CT molecular complexity index is 422. The number of hydrogen-bond acceptors (Lipinski definition) is 2. The molecule has 1 saturated carbocycles. The first kappa shape index (κ1) is 13.9. The molecule has 0 aliphatic heterocycles. The third-order valence-corrected chi connectivity index (χ3v) is 4.03. The summed E-state index contributed by atoms with van der Waals surface area (Å²) in [6.07, 6.45) is 4.68. The summed E-state index contributed by atoms with van der Waals surface area (Å²) in [5, 5.41) is 5.79. The average Bonchev–Trinajstić information content (AvgIpc) is 2.89. The molecule has 2 amide bonds. The summed E-state index contributed by atoms with van der Waals surface area (Å²) in [6.45, 7) is 3.34. The lowest BCUT2D eigenvalue weighted by atomic mass is 9.86. The van der Waals surface area contributed by atoms with Crippen LogP contribution in [0.15, 0.2) is 24.3 Å². The highest BCUT2D eigenvalue weighted by Gasteiger charge is 2.32. The molecule has 0 heterocycles. The van der Waals surface area contributed by atoms with Gasteiger partial charge in [-0.2, -0.15) is 0 Å². The molecule has 0 bridgehead atoms. The predicted molar refractivity (Wildman–Crippen MR) is 78.2 cm³/mol. The van der Waals surface area contributed by atoms with E-state index in [1.165, 1.54) is 18.4 Å². The molecule has 0 spiro atoms. The number of aryl methyl sites for hydroxylation is 1. The van der Waals surface area contributed by atoms with Crippen molar-refractivity contribution < 1.29 is 4.79 Å². The van der Waals surface area contributed by atoms with Gasteiger partial charge in [0.25, 0.3) is 0 Å². The molecule has 0 atom stereocenters. The molecule has 1 aromatic rings. The van der Waals surface area contributed by atoms with Crippen LogP contribution in [-0.4, -0.2) is 19.1 Å². The Morgan fingerprint density at radius 1 is 1.26 bits per heavy atom. The Hall–Kier alpha value is -1.55. The van der Waals surface area contributed by atoms with E-state index in [1.807, 2.05) is 31.2 Å². The Kier molecular flexibility index (Phi) is 4.43. The zero-order valence-electron chi connectivity index (χ0n) is 11.5. The van der Waals surface area contributed by atoms with Crippen LogP contribution in [0.2, 0.25) is 0 Å². The van der Waals surface area contributed by atoms with Crippen LogP contribution in [0.1, 0.15) is 31.2 Å². The van der Waals surface area contributed by atoms with Crippen molar-refractivity contribution in [3.05, 3.63) is 29.8 Å². The second kappa shape index (κ2) is 6.06. The Morgan fingerprint density at radius 2 is 1.89 bits per heavy atom. The third-order valence-electron chi connectivity index (χ3n) is 4.03. The lowest BCUT2D eigenvalue weighted by molar-refractivity contribution is 0.239. The maximum Gasteiger partial charge on any atom is 0.319 e. The molecule has 1 aliphatic rings. The van der Waals surface area contributed by atoms with Crippen molar-refractivity contribution in [1.29, 1.82) is 0 Å². The zero-order chi connectivity index (χ0) is 13.7. The molecule has 1 fully saturated rings. The van der Waals surface area contributed by atoms with E-state index in [2.05, 4.69) is 10.6 Å². The van der Waals surface area contributed by atoms with Crippen LogP contribution < -0.4 is 16.4 Å². The van der Waals surface area contributed by atoms with Crippen LogP contribution in [0, 0.1) is 12.3 Å². The minimum atomic E-state index is -0.149. The van der Waals surface area contributed by atoms with E-state index in [-0.39, 0.29) is 11.4 Å². The molecule has 19 heavy (non-hydrogen) atoms. The first-order valence-electron chi connectivity index (χ1n) is 6.95. The van der Waals surface area contributed by atoms with Crippen LogP contribution in [0.3, 0.4) is 0 Å². The van der Waals surface area contributed by atoms with Gasteiger partial charge in [-0.15, -0.1) is 0 Å². The standard InChI is InChI=1S/C15H23N3O/c1-12-4-6-13(7-5-12)18-14(19)17-11-15(10-16)8-2-3-9-15/h4-7H,2-3,8-11,16H2,1H3,(H2,17,18,19). The second-order valence-corrected chi connectivity index (χ2v) is 5.58. The minimum Gasteiger partial charge on any atom is -0.337 e. The summed E-state index contributed by atoms with van der Waals surface area (Å²) >= 11 is 0. The van der Waals surface area contributed by atoms with Crippen LogP contribution in [0.4, 0.5) is 10.5 Å². The quantitative estimate of drug-likeness (QED) is 0.780. The van der Waals surface area contributed by atoms with Gasteiger partial charge in [-0.1, -0.05) is 30.5 Å². The SMILES string of the molecule is Cc1ccc(NC(=O)NCC2(CN)CCCC2)cc1. The minimum absolute atomic E-state index is 0.116. The molecule has 4 nitrogen and oxygen atoms in total. The fourth-order valence-electron chi connectivity index (χ4n) is 2.66. The monoisotopic (exact) mass is 261 g/mol. The molecular weight excluding hydrogens is 238 g/mol. The molecule has 2 rings (SSSR count). The summed E-state index contributed by atoms with van der Waals surface area (Å²) in [4.78, 5) is 11.8. The van der Waals surface area contributed by atoms with E-state index >= 15 is 0 Å². The van der Waals surface area contributed by atoms with Crippen molar-refractivity contribution >= 4 is 11.7 Å². The van der Waals surface area contributed by atoms with Gasteiger partial charge in [0.2, 0.25) is 0 Å². The number of nitrogens with two attached hydrogens (primary N) is 1. The van der Waals surface area contributed by atoms with Crippen molar-refractivity contribution in [3.8, 4) is 0 Å². The Morgan fingerprint density at radius 3 is 2.47 bits per heavy atom. The molecule has 1 aliphatic carbocycles. The predicted octanol–water partition coefficient (Wildman–Crippen LogP) is 2.64. The van der Waals surface area contributed by atoms with Gasteiger partial charge in [-0.05, 0) is 38.4 Å². The number of rotatable bonds is 4. The van der Waals surface area contributed by atoms with Gasteiger partial charge in [0.1, 0.15) is 0 Å². The number of amides is 2. The normalized spacial score (nSPS) is 17.2. The number of carbonyl (C=O) groups is 1. The number of carbonyl (C=O) groups excluding carboxylic acids is 1. The van der Waals surface area contributed by atoms with Gasteiger partial charge in [-0.25, -0.2) is 4.79 Å². The van der Waals surface area contributed by atoms with E-state index in [1.54, 1.807) is 0 Å². The lowest BCUT2D eigenvalue weighted by Crippen LogP contribution is -2.42. The van der Waals surface area contributed by atoms with Crippen molar-refractivity contribution in [2.24, 2.45) is 11.1 Å². The molecule has 4 heteroatoms. The topological polar surface area (TPSA) is 67.2 Å². The summed E-state index contributed by atoms with van der Waals surface area (Å²) in [5.41, 5.74) is 7.96. The number of benzene rings is 1. The highest BCUT2D eigenvalue weighted by atomic mass is 16.2. The fraction of sp³-hybridized carbons (Fsp3) is 0.533. The highest BCUT2D eigenvalue weighted by Crippen LogP contribution is 2.36. The largest absolute Gasteiger partial charge is 0.337 e. The summed E-state index contributed by atoms with van der Waals surface area (Å²) < 4.78 is 0.